The quantitative estimate of drug-likeness (QED) is 0.0241. The van der Waals surface area contributed by atoms with Crippen LogP contribution in [0, 0.1) is 0 Å². The Kier molecular flexibility index (Phi) is 40.7. The van der Waals surface area contributed by atoms with E-state index < -0.39 is 32.7 Å². The molecule has 0 saturated carbocycles. The van der Waals surface area contributed by atoms with E-state index in [0.29, 0.717) is 17.4 Å². The lowest BCUT2D eigenvalue weighted by atomic mass is 9.99. The van der Waals surface area contributed by atoms with Gasteiger partial charge in [0.2, 0.25) is 5.91 Å². The minimum atomic E-state index is -4.66. The Bertz CT molecular complexity index is 992. The zero-order valence-corrected chi connectivity index (χ0v) is 40.5. The van der Waals surface area contributed by atoms with E-state index in [1.54, 1.807) is 0 Å². The van der Waals surface area contributed by atoms with Crippen molar-refractivity contribution in [3.63, 3.8) is 0 Å². The van der Waals surface area contributed by atoms with Crippen molar-refractivity contribution in [3.05, 3.63) is 12.2 Å². The van der Waals surface area contributed by atoms with Crippen LogP contribution in [0.5, 0.6) is 0 Å². The molecule has 0 fully saturated rings. The van der Waals surface area contributed by atoms with E-state index >= 15 is 0 Å². The van der Waals surface area contributed by atoms with Crippen LogP contribution in [0.2, 0.25) is 0 Å². The van der Waals surface area contributed by atoms with Gasteiger partial charge >= 0.3 is 0 Å². The number of aliphatic hydroxyl groups is 2. The number of hydrogen-bond donors (Lipinski definition) is 3. The highest BCUT2D eigenvalue weighted by molar-refractivity contribution is 7.45. The normalized spacial score (nSPS) is 14.8. The number of rotatable bonds is 46. The van der Waals surface area contributed by atoms with Crippen LogP contribution in [0.25, 0.3) is 0 Å². The number of carbonyl (C=O) groups excluding carboxylic acids is 1. The van der Waals surface area contributed by atoms with Crippen molar-refractivity contribution in [3.8, 4) is 0 Å². The summed E-state index contributed by atoms with van der Waals surface area (Å²) in [4.78, 5) is 25.4. The van der Waals surface area contributed by atoms with Crippen molar-refractivity contribution in [2.75, 3.05) is 40.9 Å². The van der Waals surface area contributed by atoms with Gasteiger partial charge in [-0.15, -0.1) is 0 Å². The molecule has 0 aliphatic rings. The minimum Gasteiger partial charge on any atom is -0.756 e. The first-order valence-electron chi connectivity index (χ1n) is 25.1. The molecule has 0 heterocycles. The van der Waals surface area contributed by atoms with Crippen LogP contribution in [0.4, 0.5) is 0 Å². The molecule has 0 radical (unpaired) electrons. The SMILES string of the molecule is CCCCCCCCCC/C=C\CCCCCCCCCCCCCC(=O)NC(COP(=O)([O-])OCC[N+](C)(C)C)C(O)C(O)CCCCCCCCCCCCCC. The fourth-order valence-electron chi connectivity index (χ4n) is 7.54. The molecule has 0 aromatic carbocycles. The molecule has 4 atom stereocenters. The fraction of sp³-hybridized carbons (Fsp3) is 0.939. The van der Waals surface area contributed by atoms with Crippen molar-refractivity contribution in [1.29, 1.82) is 0 Å². The predicted molar refractivity (Wildman–Crippen MR) is 248 cm³/mol. The van der Waals surface area contributed by atoms with Gasteiger partial charge in [-0.05, 0) is 38.5 Å². The molecule has 59 heavy (non-hydrogen) atoms. The highest BCUT2D eigenvalue weighted by Crippen LogP contribution is 2.38. The lowest BCUT2D eigenvalue weighted by molar-refractivity contribution is -0.870. The maximum Gasteiger partial charge on any atom is 0.268 e. The van der Waals surface area contributed by atoms with Gasteiger partial charge in [-0.1, -0.05) is 206 Å². The molecule has 1 amide bonds. The third-order valence-electron chi connectivity index (χ3n) is 11.6. The second kappa shape index (κ2) is 41.2. The fourth-order valence-corrected chi connectivity index (χ4v) is 8.27. The molecule has 0 aliphatic carbocycles. The maximum absolute atomic E-state index is 12.9. The third kappa shape index (κ3) is 42.3. The van der Waals surface area contributed by atoms with Crippen LogP contribution in [0.3, 0.4) is 0 Å². The Morgan fingerprint density at radius 1 is 0.593 bits per heavy atom. The van der Waals surface area contributed by atoms with Crippen molar-refractivity contribution in [1.82, 2.24) is 5.32 Å². The van der Waals surface area contributed by atoms with Gasteiger partial charge in [0.1, 0.15) is 19.3 Å². The molecule has 9 nitrogen and oxygen atoms in total. The number of amides is 1. The summed E-state index contributed by atoms with van der Waals surface area (Å²) in [6, 6.07) is -1.07. The molecule has 3 N–H and O–H groups in total. The Morgan fingerprint density at radius 2 is 0.966 bits per heavy atom. The van der Waals surface area contributed by atoms with E-state index in [4.69, 9.17) is 9.05 Å². The number of unbranched alkanes of at least 4 members (excludes halogenated alkanes) is 30. The summed E-state index contributed by atoms with van der Waals surface area (Å²) < 4.78 is 23.2. The first-order valence-corrected chi connectivity index (χ1v) is 26.6. The molecule has 0 spiro atoms. The van der Waals surface area contributed by atoms with Crippen molar-refractivity contribution in [2.24, 2.45) is 0 Å². The Labute approximate surface area is 365 Å². The second-order valence-corrected chi connectivity index (χ2v) is 20.1. The number of nitrogens with zero attached hydrogens (tertiary/aromatic N) is 1. The van der Waals surface area contributed by atoms with Crippen LogP contribution in [-0.4, -0.2) is 79.8 Å². The average molecular weight is 859 g/mol. The Morgan fingerprint density at radius 3 is 1.37 bits per heavy atom. The van der Waals surface area contributed by atoms with Gasteiger partial charge in [0.05, 0.1) is 39.9 Å². The number of nitrogens with one attached hydrogen (secondary N) is 1. The molecule has 0 saturated heterocycles. The maximum atomic E-state index is 12.9. The summed E-state index contributed by atoms with van der Waals surface area (Å²) >= 11 is 0. The lowest BCUT2D eigenvalue weighted by Crippen LogP contribution is -2.51. The number of phosphoric acid groups is 1. The van der Waals surface area contributed by atoms with Crippen LogP contribution in [0.1, 0.15) is 239 Å². The van der Waals surface area contributed by atoms with Gasteiger partial charge in [0, 0.05) is 6.42 Å². The van der Waals surface area contributed by atoms with Gasteiger partial charge < -0.3 is 34.0 Å². The number of aliphatic hydroxyl groups excluding tert-OH is 2. The van der Waals surface area contributed by atoms with Gasteiger partial charge in [0.15, 0.2) is 0 Å². The molecule has 0 aromatic rings. The second-order valence-electron chi connectivity index (χ2n) is 18.7. The van der Waals surface area contributed by atoms with E-state index in [1.165, 1.54) is 173 Å². The van der Waals surface area contributed by atoms with Crippen LogP contribution in [-0.2, 0) is 18.4 Å². The lowest BCUT2D eigenvalue weighted by Gasteiger charge is -2.31. The highest BCUT2D eigenvalue weighted by atomic mass is 31.2. The monoisotopic (exact) mass is 859 g/mol. The molecule has 10 heteroatoms. The van der Waals surface area contributed by atoms with Crippen molar-refractivity contribution >= 4 is 13.7 Å². The first kappa shape index (κ1) is 58.2. The van der Waals surface area contributed by atoms with Gasteiger partial charge in [0.25, 0.3) is 7.82 Å². The summed E-state index contributed by atoms with van der Waals surface area (Å²) in [6.07, 6.45) is 43.9. The van der Waals surface area contributed by atoms with Crippen molar-refractivity contribution in [2.45, 2.75) is 257 Å². The van der Waals surface area contributed by atoms with E-state index in [9.17, 15) is 24.5 Å². The van der Waals surface area contributed by atoms with Crippen LogP contribution >= 0.6 is 7.82 Å². The summed E-state index contributed by atoms with van der Waals surface area (Å²) in [5, 5.41) is 24.7. The zero-order chi connectivity index (χ0) is 43.7. The zero-order valence-electron chi connectivity index (χ0n) is 39.6. The summed E-state index contributed by atoms with van der Waals surface area (Å²) in [5.74, 6) is -0.277. The number of hydrogen-bond acceptors (Lipinski definition) is 7. The Balaban J connectivity index is 4.30. The number of likely N-dealkylation sites (N-methyl/N-ethyl adjacent to an activating group) is 1. The number of quaternary nitrogens is 1. The smallest absolute Gasteiger partial charge is 0.268 e. The topological polar surface area (TPSA) is 128 Å². The summed E-state index contributed by atoms with van der Waals surface area (Å²) in [5.41, 5.74) is 0. The van der Waals surface area contributed by atoms with E-state index in [-0.39, 0.29) is 18.9 Å². The molecule has 0 aromatic heterocycles. The molecule has 0 bridgehead atoms. The van der Waals surface area contributed by atoms with Gasteiger partial charge in [-0.2, -0.15) is 0 Å². The molecular weight excluding hydrogens is 760 g/mol. The van der Waals surface area contributed by atoms with Gasteiger partial charge in [-0.3, -0.25) is 9.36 Å². The van der Waals surface area contributed by atoms with Crippen LogP contribution < -0.4 is 10.2 Å². The molecule has 0 aliphatic heterocycles. The summed E-state index contributed by atoms with van der Waals surface area (Å²) in [7, 11) is 1.13. The minimum absolute atomic E-state index is 0.0387. The molecule has 4 unspecified atom stereocenters. The van der Waals surface area contributed by atoms with E-state index in [1.807, 2.05) is 21.1 Å². The number of carbonyl (C=O) groups is 1. The largest absolute Gasteiger partial charge is 0.756 e. The Hall–Kier alpha value is -0.800. The predicted octanol–water partition coefficient (Wildman–Crippen LogP) is 12.7. The third-order valence-corrected chi connectivity index (χ3v) is 12.6. The van der Waals surface area contributed by atoms with E-state index in [2.05, 4.69) is 31.3 Å². The number of phosphoric ester groups is 1. The van der Waals surface area contributed by atoms with Crippen LogP contribution in [0.15, 0.2) is 12.2 Å². The van der Waals surface area contributed by atoms with Crippen molar-refractivity contribution < 1.29 is 38.0 Å². The first-order chi connectivity index (χ1) is 28.4. The standard InChI is InChI=1S/C49H99N2O7P/c1-6-8-10-12-14-16-18-20-21-22-23-24-25-26-27-28-29-30-32-34-36-38-40-42-48(53)50-46(45-58-59(55,56)57-44-43-51(3,4)5)49(54)47(52)41-39-37-35-33-31-19-17-15-13-11-9-7-2/h22-23,46-47,49,52,54H,6-21,24-45H2,1-5H3,(H-,50,53,55,56)/b23-22-. The molecule has 352 valence electrons. The van der Waals surface area contributed by atoms with E-state index in [0.717, 1.165) is 38.5 Å². The highest BCUT2D eigenvalue weighted by Gasteiger charge is 2.29. The average Bonchev–Trinajstić information content (AvgIpc) is 3.19. The molecule has 0 rings (SSSR count). The molecular formula is C49H99N2O7P. The number of allylic oxidation sites excluding steroid dienone is 2. The summed E-state index contributed by atoms with van der Waals surface area (Å²) in [6.45, 7) is 4.45. The van der Waals surface area contributed by atoms with Gasteiger partial charge in [-0.25, -0.2) is 0 Å².